The molecule has 4 rings (SSSR count). The lowest BCUT2D eigenvalue weighted by atomic mass is 9.91. The fraction of sp³-hybridized carbons (Fsp3) is 0.222. The van der Waals surface area contributed by atoms with Crippen molar-refractivity contribution in [3.05, 3.63) is 64.3 Å². The van der Waals surface area contributed by atoms with Crippen LogP contribution in [0.5, 0.6) is 0 Å². The number of benzene rings is 2. The van der Waals surface area contributed by atoms with Crippen LogP contribution in [0.4, 0.5) is 5.69 Å². The molecule has 2 N–H and O–H groups in total. The van der Waals surface area contributed by atoms with Crippen LogP contribution in [-0.4, -0.2) is 4.98 Å². The Morgan fingerprint density at radius 2 is 1.95 bits per heavy atom. The average molecular weight is 341 g/mol. The van der Waals surface area contributed by atoms with Crippen molar-refractivity contribution >= 4 is 32.5 Å². The third-order valence-corrected chi connectivity index (χ3v) is 4.78. The Hall–Kier alpha value is -1.74. The van der Waals surface area contributed by atoms with Gasteiger partial charge in [0.2, 0.25) is 0 Å². The van der Waals surface area contributed by atoms with Crippen molar-refractivity contribution in [2.75, 3.05) is 5.32 Å². The first kappa shape index (κ1) is 13.0. The molecule has 2 nitrogen and oxygen atoms in total. The Kier molecular flexibility index (Phi) is 3.23. The van der Waals surface area contributed by atoms with Crippen LogP contribution in [0.3, 0.4) is 0 Å². The smallest absolute Gasteiger partial charge is 0.0666 e. The van der Waals surface area contributed by atoms with E-state index in [-0.39, 0.29) is 0 Å². The molecule has 1 atom stereocenters. The maximum absolute atomic E-state index is 3.67. The van der Waals surface area contributed by atoms with Crippen LogP contribution in [0.1, 0.15) is 30.1 Å². The van der Waals surface area contributed by atoms with Gasteiger partial charge >= 0.3 is 0 Å². The number of anilines is 1. The number of hydrogen-bond donors (Lipinski definition) is 2. The summed E-state index contributed by atoms with van der Waals surface area (Å²) in [5.74, 6) is 0. The van der Waals surface area contributed by atoms with Crippen molar-refractivity contribution in [2.45, 2.75) is 25.3 Å². The van der Waals surface area contributed by atoms with Gasteiger partial charge in [0, 0.05) is 26.8 Å². The van der Waals surface area contributed by atoms with Crippen LogP contribution in [0.15, 0.2) is 53.0 Å². The van der Waals surface area contributed by atoms with Crippen LogP contribution in [0, 0.1) is 0 Å². The summed E-state index contributed by atoms with van der Waals surface area (Å²) in [4.78, 5) is 3.63. The predicted octanol–water partition coefficient (Wildman–Crippen LogP) is 5.42. The lowest BCUT2D eigenvalue weighted by Crippen LogP contribution is -2.17. The highest BCUT2D eigenvalue weighted by Crippen LogP contribution is 2.37. The number of nitrogens with one attached hydrogen (secondary N) is 2. The molecule has 3 heteroatoms. The minimum atomic E-state index is 0.377. The van der Waals surface area contributed by atoms with Crippen LogP contribution < -0.4 is 5.32 Å². The van der Waals surface area contributed by atoms with Gasteiger partial charge in [0.25, 0.3) is 0 Å². The number of fused-ring (bicyclic) bond motifs is 3. The van der Waals surface area contributed by atoms with Gasteiger partial charge in [-0.25, -0.2) is 0 Å². The molecule has 3 aromatic rings. The van der Waals surface area contributed by atoms with Gasteiger partial charge in [0.1, 0.15) is 0 Å². The molecule has 0 aliphatic heterocycles. The van der Waals surface area contributed by atoms with E-state index in [1.807, 2.05) is 0 Å². The van der Waals surface area contributed by atoms with E-state index in [0.29, 0.717) is 6.04 Å². The van der Waals surface area contributed by atoms with Gasteiger partial charge in [-0.15, -0.1) is 0 Å². The summed E-state index contributed by atoms with van der Waals surface area (Å²) >= 11 is 3.58. The average Bonchev–Trinajstić information content (AvgIpc) is 2.88. The van der Waals surface area contributed by atoms with Crippen molar-refractivity contribution in [1.29, 1.82) is 0 Å². The lowest BCUT2D eigenvalue weighted by molar-refractivity contribution is 0.593. The van der Waals surface area contributed by atoms with Crippen molar-refractivity contribution < 1.29 is 0 Å². The SMILES string of the molecule is Brc1ccc2[nH]c3c(c2c1)CCC[C@@H]3Nc1ccccc1. The van der Waals surface area contributed by atoms with Crippen molar-refractivity contribution in [3.8, 4) is 0 Å². The highest BCUT2D eigenvalue weighted by atomic mass is 79.9. The molecule has 0 bridgehead atoms. The summed E-state index contributed by atoms with van der Waals surface area (Å²) < 4.78 is 1.15. The summed E-state index contributed by atoms with van der Waals surface area (Å²) in [5, 5.41) is 5.03. The van der Waals surface area contributed by atoms with E-state index in [9.17, 15) is 0 Å². The Bertz CT molecular complexity index is 777. The van der Waals surface area contributed by atoms with Gasteiger partial charge in [-0.2, -0.15) is 0 Å². The summed E-state index contributed by atoms with van der Waals surface area (Å²) in [6, 6.07) is 17.3. The molecule has 1 heterocycles. The van der Waals surface area contributed by atoms with Crippen molar-refractivity contribution in [2.24, 2.45) is 0 Å². The molecule has 21 heavy (non-hydrogen) atoms. The van der Waals surface area contributed by atoms with E-state index in [2.05, 4.69) is 74.8 Å². The van der Waals surface area contributed by atoms with E-state index in [1.165, 1.54) is 47.1 Å². The molecule has 1 aliphatic rings. The zero-order valence-corrected chi connectivity index (χ0v) is 13.3. The fourth-order valence-corrected chi connectivity index (χ4v) is 3.68. The Morgan fingerprint density at radius 3 is 2.81 bits per heavy atom. The highest BCUT2D eigenvalue weighted by Gasteiger charge is 2.24. The minimum Gasteiger partial charge on any atom is -0.377 e. The normalized spacial score (nSPS) is 17.7. The Morgan fingerprint density at radius 1 is 1.10 bits per heavy atom. The van der Waals surface area contributed by atoms with Gasteiger partial charge in [-0.3, -0.25) is 0 Å². The number of aromatic nitrogens is 1. The number of H-pyrrole nitrogens is 1. The standard InChI is InChI=1S/C18H17BrN2/c19-12-9-10-16-15(11-12)14-7-4-8-17(18(14)21-16)20-13-5-2-1-3-6-13/h1-3,5-6,9-11,17,20-21H,4,7-8H2/t17-/m0/s1. The number of hydrogen-bond acceptors (Lipinski definition) is 1. The van der Waals surface area contributed by atoms with Crippen molar-refractivity contribution in [1.82, 2.24) is 4.98 Å². The monoisotopic (exact) mass is 340 g/mol. The van der Waals surface area contributed by atoms with E-state index >= 15 is 0 Å². The molecular weight excluding hydrogens is 324 g/mol. The van der Waals surface area contributed by atoms with E-state index in [1.54, 1.807) is 0 Å². The first-order valence-corrected chi connectivity index (χ1v) is 8.22. The van der Waals surface area contributed by atoms with Gasteiger partial charge < -0.3 is 10.3 Å². The summed E-state index contributed by atoms with van der Waals surface area (Å²) in [6.45, 7) is 0. The molecule has 0 fully saturated rings. The molecular formula is C18H17BrN2. The van der Waals surface area contributed by atoms with E-state index in [0.717, 1.165) is 4.47 Å². The molecule has 0 saturated heterocycles. The second-order valence-corrected chi connectivity index (χ2v) is 6.58. The summed E-state index contributed by atoms with van der Waals surface area (Å²) in [7, 11) is 0. The van der Waals surface area contributed by atoms with Crippen LogP contribution in [-0.2, 0) is 6.42 Å². The number of halogens is 1. The molecule has 0 radical (unpaired) electrons. The van der Waals surface area contributed by atoms with Gasteiger partial charge in [-0.05, 0) is 55.2 Å². The third kappa shape index (κ3) is 2.36. The van der Waals surface area contributed by atoms with Crippen molar-refractivity contribution in [3.63, 3.8) is 0 Å². The van der Waals surface area contributed by atoms with Gasteiger partial charge in [-0.1, -0.05) is 34.1 Å². The fourth-order valence-electron chi connectivity index (χ4n) is 3.31. The quantitative estimate of drug-likeness (QED) is 0.640. The predicted molar refractivity (Wildman–Crippen MR) is 91.7 cm³/mol. The second-order valence-electron chi connectivity index (χ2n) is 5.66. The van der Waals surface area contributed by atoms with E-state index < -0.39 is 0 Å². The molecule has 0 saturated carbocycles. The largest absolute Gasteiger partial charge is 0.377 e. The van der Waals surface area contributed by atoms with E-state index in [4.69, 9.17) is 0 Å². The maximum atomic E-state index is 3.67. The third-order valence-electron chi connectivity index (χ3n) is 4.28. The molecule has 0 spiro atoms. The number of aromatic amines is 1. The van der Waals surface area contributed by atoms with Crippen LogP contribution in [0.25, 0.3) is 10.9 Å². The number of rotatable bonds is 2. The number of para-hydroxylation sites is 1. The zero-order valence-electron chi connectivity index (χ0n) is 11.7. The van der Waals surface area contributed by atoms with Gasteiger partial charge in [0.15, 0.2) is 0 Å². The van der Waals surface area contributed by atoms with Gasteiger partial charge in [0.05, 0.1) is 6.04 Å². The minimum absolute atomic E-state index is 0.377. The maximum Gasteiger partial charge on any atom is 0.0666 e. The summed E-state index contributed by atoms with van der Waals surface area (Å²) in [5.41, 5.74) is 5.27. The zero-order chi connectivity index (χ0) is 14.2. The molecule has 0 unspecified atom stereocenters. The second kappa shape index (κ2) is 5.23. The first-order chi connectivity index (χ1) is 10.3. The molecule has 1 aliphatic carbocycles. The molecule has 2 aromatic carbocycles. The summed E-state index contributed by atoms with van der Waals surface area (Å²) in [6.07, 6.45) is 3.58. The molecule has 0 amide bonds. The highest BCUT2D eigenvalue weighted by molar-refractivity contribution is 9.10. The Balaban J connectivity index is 1.76. The number of aryl methyl sites for hydroxylation is 1. The topological polar surface area (TPSA) is 27.8 Å². The first-order valence-electron chi connectivity index (χ1n) is 7.43. The van der Waals surface area contributed by atoms with Crippen LogP contribution >= 0.6 is 15.9 Å². The lowest BCUT2D eigenvalue weighted by Gasteiger charge is -2.24. The molecule has 106 valence electrons. The molecule has 1 aromatic heterocycles. The van der Waals surface area contributed by atoms with Crippen LogP contribution in [0.2, 0.25) is 0 Å². The Labute approximate surface area is 132 Å².